The maximum atomic E-state index is 12.5. The Balaban J connectivity index is 1.67. The molecule has 1 aromatic heterocycles. The summed E-state index contributed by atoms with van der Waals surface area (Å²) in [5.41, 5.74) is 1.29. The Kier molecular flexibility index (Phi) is 7.54. The van der Waals surface area contributed by atoms with Crippen LogP contribution in [0.15, 0.2) is 48.7 Å². The first-order valence-corrected chi connectivity index (χ1v) is 9.90. The maximum Gasteiger partial charge on any atom is 0.263 e. The van der Waals surface area contributed by atoms with Gasteiger partial charge < -0.3 is 24.3 Å². The van der Waals surface area contributed by atoms with Crippen molar-refractivity contribution in [2.24, 2.45) is 0 Å². The topological polar surface area (TPSA) is 108 Å². The van der Waals surface area contributed by atoms with Gasteiger partial charge in [0.15, 0.2) is 29.6 Å². The average molecular weight is 436 g/mol. The van der Waals surface area contributed by atoms with Crippen LogP contribution in [0.3, 0.4) is 0 Å². The van der Waals surface area contributed by atoms with E-state index in [1.807, 2.05) is 31.2 Å². The van der Waals surface area contributed by atoms with E-state index in [9.17, 15) is 4.79 Å². The monoisotopic (exact) mass is 436 g/mol. The largest absolute Gasteiger partial charge is 0.493 e. The normalized spacial score (nSPS) is 10.2. The Morgan fingerprint density at radius 2 is 1.94 bits per heavy atom. The number of para-hydroxylation sites is 1. The molecule has 0 saturated carbocycles. The van der Waals surface area contributed by atoms with Crippen molar-refractivity contribution < 1.29 is 23.7 Å². The summed E-state index contributed by atoms with van der Waals surface area (Å²) in [7, 11) is 3.15. The fourth-order valence-electron chi connectivity index (χ4n) is 3.09. The number of anilines is 1. The number of methoxy groups -OCH3 is 2. The molecule has 32 heavy (non-hydrogen) atoms. The molecule has 0 aliphatic rings. The van der Waals surface area contributed by atoms with Crippen molar-refractivity contribution in [2.45, 2.75) is 13.5 Å². The molecule has 9 heteroatoms. The number of ether oxygens (including phenoxy) is 4. The van der Waals surface area contributed by atoms with Gasteiger partial charge in [0.25, 0.3) is 5.91 Å². The Morgan fingerprint density at radius 3 is 2.66 bits per heavy atom. The molecule has 0 radical (unpaired) electrons. The van der Waals surface area contributed by atoms with Crippen LogP contribution in [0, 0.1) is 11.3 Å². The molecule has 1 heterocycles. The van der Waals surface area contributed by atoms with E-state index in [4.69, 9.17) is 24.2 Å². The minimum absolute atomic E-state index is 0.236. The summed E-state index contributed by atoms with van der Waals surface area (Å²) in [4.78, 5) is 12.5. The first-order valence-electron chi connectivity index (χ1n) is 9.90. The summed E-state index contributed by atoms with van der Waals surface area (Å²) in [6, 6.07) is 14.1. The average Bonchev–Trinajstić information content (AvgIpc) is 3.24. The van der Waals surface area contributed by atoms with Gasteiger partial charge >= 0.3 is 0 Å². The Bertz CT molecular complexity index is 1120. The summed E-state index contributed by atoms with van der Waals surface area (Å²) in [6.45, 7) is 2.37. The summed E-state index contributed by atoms with van der Waals surface area (Å²) in [5.74, 6) is 2.16. The quantitative estimate of drug-likeness (QED) is 0.520. The van der Waals surface area contributed by atoms with Crippen molar-refractivity contribution in [3.8, 4) is 29.1 Å². The molecule has 9 nitrogen and oxygen atoms in total. The molecular weight excluding hydrogens is 412 g/mol. The lowest BCUT2D eigenvalue weighted by atomic mass is 10.2. The molecule has 0 fully saturated rings. The minimum atomic E-state index is -0.365. The SMILES string of the molecule is CCOc1cc(C#N)ccc1OCC(=O)Nc1ccnn1Cc1cccc(OC)c1OC. The summed E-state index contributed by atoms with van der Waals surface area (Å²) in [6.07, 6.45) is 1.59. The zero-order chi connectivity index (χ0) is 22.9. The molecule has 166 valence electrons. The van der Waals surface area contributed by atoms with E-state index in [2.05, 4.69) is 10.4 Å². The van der Waals surface area contributed by atoms with Gasteiger partial charge in [-0.3, -0.25) is 4.79 Å². The molecule has 3 rings (SSSR count). The van der Waals surface area contributed by atoms with Crippen LogP contribution < -0.4 is 24.3 Å². The van der Waals surface area contributed by atoms with Crippen molar-refractivity contribution in [2.75, 3.05) is 32.8 Å². The van der Waals surface area contributed by atoms with Crippen LogP contribution in [0.2, 0.25) is 0 Å². The molecule has 0 bridgehead atoms. The van der Waals surface area contributed by atoms with Crippen LogP contribution in [-0.4, -0.2) is 43.1 Å². The number of hydrogen-bond acceptors (Lipinski definition) is 7. The lowest BCUT2D eigenvalue weighted by Crippen LogP contribution is -2.22. The highest BCUT2D eigenvalue weighted by atomic mass is 16.5. The number of nitrogens with zero attached hydrogens (tertiary/aromatic N) is 3. The second-order valence-electron chi connectivity index (χ2n) is 6.57. The number of nitriles is 1. The maximum absolute atomic E-state index is 12.5. The predicted molar refractivity (Wildman–Crippen MR) is 117 cm³/mol. The number of aromatic nitrogens is 2. The zero-order valence-corrected chi connectivity index (χ0v) is 18.1. The van der Waals surface area contributed by atoms with Gasteiger partial charge in [0.05, 0.1) is 45.2 Å². The summed E-state index contributed by atoms with van der Waals surface area (Å²) < 4.78 is 23.6. The Hall–Kier alpha value is -4.19. The van der Waals surface area contributed by atoms with E-state index in [0.29, 0.717) is 47.5 Å². The molecular formula is C23H24N4O5. The van der Waals surface area contributed by atoms with Gasteiger partial charge in [-0.2, -0.15) is 10.4 Å². The highest BCUT2D eigenvalue weighted by molar-refractivity contribution is 5.91. The molecule has 1 amide bonds. The first-order chi connectivity index (χ1) is 15.6. The lowest BCUT2D eigenvalue weighted by Gasteiger charge is -2.15. The number of benzene rings is 2. The summed E-state index contributed by atoms with van der Waals surface area (Å²) >= 11 is 0. The van der Waals surface area contributed by atoms with Gasteiger partial charge in [0, 0.05) is 17.7 Å². The van der Waals surface area contributed by atoms with Gasteiger partial charge in [0.1, 0.15) is 5.82 Å². The van der Waals surface area contributed by atoms with Gasteiger partial charge in [-0.05, 0) is 25.1 Å². The van der Waals surface area contributed by atoms with Gasteiger partial charge in [-0.1, -0.05) is 12.1 Å². The Morgan fingerprint density at radius 1 is 1.09 bits per heavy atom. The lowest BCUT2D eigenvalue weighted by molar-refractivity contribution is -0.118. The van der Waals surface area contributed by atoms with Crippen molar-refractivity contribution in [3.63, 3.8) is 0 Å². The Labute approximate surface area is 186 Å². The van der Waals surface area contributed by atoms with Gasteiger partial charge in [-0.25, -0.2) is 4.68 Å². The number of carbonyl (C=O) groups excluding carboxylic acids is 1. The molecule has 0 spiro atoms. The number of hydrogen-bond donors (Lipinski definition) is 1. The molecule has 0 unspecified atom stereocenters. The van der Waals surface area contributed by atoms with Gasteiger partial charge in [0.2, 0.25) is 0 Å². The van der Waals surface area contributed by atoms with E-state index in [-0.39, 0.29) is 12.5 Å². The molecule has 0 atom stereocenters. The van der Waals surface area contributed by atoms with Crippen LogP contribution in [-0.2, 0) is 11.3 Å². The molecule has 1 N–H and O–H groups in total. The minimum Gasteiger partial charge on any atom is -0.493 e. The second kappa shape index (κ2) is 10.7. The molecule has 0 aliphatic heterocycles. The van der Waals surface area contributed by atoms with E-state index in [0.717, 1.165) is 5.56 Å². The molecule has 2 aromatic carbocycles. The number of rotatable bonds is 10. The van der Waals surface area contributed by atoms with Gasteiger partial charge in [-0.15, -0.1) is 0 Å². The predicted octanol–water partition coefficient (Wildman–Crippen LogP) is 3.24. The van der Waals surface area contributed by atoms with Crippen LogP contribution in [0.25, 0.3) is 0 Å². The number of carbonyl (C=O) groups is 1. The van der Waals surface area contributed by atoms with Crippen molar-refractivity contribution in [1.29, 1.82) is 5.26 Å². The fourth-order valence-corrected chi connectivity index (χ4v) is 3.09. The molecule has 0 aliphatic carbocycles. The number of amides is 1. The van der Waals surface area contributed by atoms with E-state index in [1.165, 1.54) is 0 Å². The first kappa shape index (κ1) is 22.5. The van der Waals surface area contributed by atoms with E-state index >= 15 is 0 Å². The molecule has 3 aromatic rings. The third-order valence-electron chi connectivity index (χ3n) is 4.52. The van der Waals surface area contributed by atoms with Crippen LogP contribution >= 0.6 is 0 Å². The fraction of sp³-hybridized carbons (Fsp3) is 0.261. The van der Waals surface area contributed by atoms with Crippen molar-refractivity contribution in [3.05, 3.63) is 59.8 Å². The third-order valence-corrected chi connectivity index (χ3v) is 4.52. The molecule has 0 saturated heterocycles. The van der Waals surface area contributed by atoms with Crippen LogP contribution in [0.1, 0.15) is 18.1 Å². The third kappa shape index (κ3) is 5.29. The highest BCUT2D eigenvalue weighted by Gasteiger charge is 2.14. The zero-order valence-electron chi connectivity index (χ0n) is 18.1. The van der Waals surface area contributed by atoms with E-state index < -0.39 is 0 Å². The van der Waals surface area contributed by atoms with Crippen LogP contribution in [0.5, 0.6) is 23.0 Å². The summed E-state index contributed by atoms with van der Waals surface area (Å²) in [5, 5.41) is 16.1. The van der Waals surface area contributed by atoms with E-state index in [1.54, 1.807) is 49.4 Å². The smallest absolute Gasteiger partial charge is 0.263 e. The van der Waals surface area contributed by atoms with Crippen LogP contribution in [0.4, 0.5) is 5.82 Å². The van der Waals surface area contributed by atoms with Crippen molar-refractivity contribution >= 4 is 11.7 Å². The number of nitrogens with one attached hydrogen (secondary N) is 1. The van der Waals surface area contributed by atoms with Crippen molar-refractivity contribution in [1.82, 2.24) is 9.78 Å². The standard InChI is InChI=1S/C23H24N4O5/c1-4-31-20-12-16(13-24)8-9-18(20)32-15-22(28)26-21-10-11-25-27(21)14-17-6-5-7-19(29-2)23(17)30-3/h5-12H,4,14-15H2,1-3H3,(H,26,28). The highest BCUT2D eigenvalue weighted by Crippen LogP contribution is 2.31. The second-order valence-corrected chi connectivity index (χ2v) is 6.57.